The predicted octanol–water partition coefficient (Wildman–Crippen LogP) is 1.43. The Bertz CT molecular complexity index is 171. The van der Waals surface area contributed by atoms with Gasteiger partial charge in [0.05, 0.1) is 0 Å². The van der Waals surface area contributed by atoms with E-state index in [-0.39, 0.29) is 12.1 Å². The molecule has 0 radical (unpaired) electrons. The number of nitrogens with one attached hydrogen (secondary N) is 2. The van der Waals surface area contributed by atoms with Gasteiger partial charge in [-0.15, -0.1) is 0 Å². The molecule has 90 valence electrons. The number of unbranched alkanes of at least 4 members (excludes halogenated alkanes) is 1. The van der Waals surface area contributed by atoms with Crippen LogP contribution in [0.5, 0.6) is 0 Å². The van der Waals surface area contributed by atoms with Crippen LogP contribution >= 0.6 is 0 Å². The summed E-state index contributed by atoms with van der Waals surface area (Å²) in [4.78, 5) is 13.5. The molecule has 15 heavy (non-hydrogen) atoms. The van der Waals surface area contributed by atoms with Crippen LogP contribution < -0.4 is 10.6 Å². The first-order chi connectivity index (χ1) is 7.10. The van der Waals surface area contributed by atoms with E-state index in [1.807, 2.05) is 14.1 Å². The zero-order valence-electron chi connectivity index (χ0n) is 10.5. The maximum Gasteiger partial charge on any atom is 0.315 e. The second kappa shape index (κ2) is 8.53. The minimum absolute atomic E-state index is 0.0443. The van der Waals surface area contributed by atoms with Crippen molar-refractivity contribution in [1.82, 2.24) is 15.5 Å². The monoisotopic (exact) mass is 215 g/mol. The molecule has 2 amide bonds. The van der Waals surface area contributed by atoms with Gasteiger partial charge in [0.15, 0.2) is 0 Å². The Hall–Kier alpha value is -0.770. The average Bonchev–Trinajstić information content (AvgIpc) is 2.16. The molecule has 0 fully saturated rings. The fraction of sp³-hybridized carbons (Fsp3) is 0.909. The fourth-order valence-corrected chi connectivity index (χ4v) is 1.33. The molecule has 0 aromatic carbocycles. The van der Waals surface area contributed by atoms with Crippen molar-refractivity contribution in [2.45, 2.75) is 39.2 Å². The first-order valence-corrected chi connectivity index (χ1v) is 5.79. The molecule has 0 bridgehead atoms. The molecule has 0 aromatic heterocycles. The Morgan fingerprint density at radius 3 is 2.47 bits per heavy atom. The van der Waals surface area contributed by atoms with Gasteiger partial charge in [-0.05, 0) is 26.9 Å². The Morgan fingerprint density at radius 2 is 2.00 bits per heavy atom. The van der Waals surface area contributed by atoms with E-state index in [0.29, 0.717) is 0 Å². The van der Waals surface area contributed by atoms with Gasteiger partial charge in [-0.2, -0.15) is 0 Å². The molecule has 4 nitrogen and oxygen atoms in total. The second-order valence-electron chi connectivity index (χ2n) is 4.12. The maximum atomic E-state index is 11.4. The lowest BCUT2D eigenvalue weighted by molar-refractivity contribution is 0.232. The molecular weight excluding hydrogens is 190 g/mol. The van der Waals surface area contributed by atoms with E-state index >= 15 is 0 Å². The highest BCUT2D eigenvalue weighted by atomic mass is 16.2. The van der Waals surface area contributed by atoms with E-state index in [0.717, 1.165) is 32.4 Å². The number of urea groups is 1. The van der Waals surface area contributed by atoms with Crippen LogP contribution in [0.4, 0.5) is 4.79 Å². The summed E-state index contributed by atoms with van der Waals surface area (Å²) >= 11 is 0. The third-order valence-electron chi connectivity index (χ3n) is 2.23. The summed E-state index contributed by atoms with van der Waals surface area (Å²) in [5.74, 6) is 0. The minimum atomic E-state index is -0.0443. The lowest BCUT2D eigenvalue weighted by Gasteiger charge is -2.21. The second-order valence-corrected chi connectivity index (χ2v) is 4.12. The molecule has 0 saturated carbocycles. The third kappa shape index (κ3) is 8.24. The zero-order chi connectivity index (χ0) is 11.7. The summed E-state index contributed by atoms with van der Waals surface area (Å²) < 4.78 is 0. The van der Waals surface area contributed by atoms with Crippen molar-refractivity contribution in [3.05, 3.63) is 0 Å². The van der Waals surface area contributed by atoms with Gasteiger partial charge in [0.2, 0.25) is 0 Å². The van der Waals surface area contributed by atoms with Gasteiger partial charge in [-0.1, -0.05) is 20.3 Å². The van der Waals surface area contributed by atoms with Crippen molar-refractivity contribution >= 4 is 6.03 Å². The van der Waals surface area contributed by atoms with Crippen molar-refractivity contribution in [2.24, 2.45) is 0 Å². The highest BCUT2D eigenvalue weighted by Crippen LogP contribution is 1.92. The number of likely N-dealkylation sites (N-methyl/N-ethyl adjacent to an activating group) is 1. The molecule has 0 rings (SSSR count). The van der Waals surface area contributed by atoms with E-state index in [4.69, 9.17) is 0 Å². The summed E-state index contributed by atoms with van der Waals surface area (Å²) in [6.45, 7) is 5.85. The molecule has 4 heteroatoms. The topological polar surface area (TPSA) is 44.4 Å². The van der Waals surface area contributed by atoms with Crippen LogP contribution in [-0.4, -0.2) is 44.2 Å². The molecule has 1 atom stereocenters. The highest BCUT2D eigenvalue weighted by molar-refractivity contribution is 5.74. The van der Waals surface area contributed by atoms with Crippen LogP contribution in [0.1, 0.15) is 33.1 Å². The average molecular weight is 215 g/mol. The van der Waals surface area contributed by atoms with Gasteiger partial charge in [-0.25, -0.2) is 4.79 Å². The Kier molecular flexibility index (Phi) is 8.09. The quantitative estimate of drug-likeness (QED) is 0.631. The lowest BCUT2D eigenvalue weighted by Crippen LogP contribution is -2.46. The van der Waals surface area contributed by atoms with Crippen LogP contribution in [0.2, 0.25) is 0 Å². The summed E-state index contributed by atoms with van der Waals surface area (Å²) in [6.07, 6.45) is 3.10. The number of hydrogen-bond acceptors (Lipinski definition) is 2. The number of amides is 2. The molecular formula is C11H25N3O. The molecule has 0 saturated heterocycles. The van der Waals surface area contributed by atoms with E-state index < -0.39 is 0 Å². The lowest BCUT2D eigenvalue weighted by atomic mass is 10.2. The zero-order valence-corrected chi connectivity index (χ0v) is 10.5. The van der Waals surface area contributed by atoms with Gasteiger partial charge >= 0.3 is 6.03 Å². The van der Waals surface area contributed by atoms with Crippen molar-refractivity contribution in [3.8, 4) is 0 Å². The minimum Gasteiger partial charge on any atom is -0.338 e. The standard InChI is InChI=1S/C11H25N3O/c1-5-7-8-12-11(15)13-10(6-2)9-14(3)4/h10H,5-9H2,1-4H3,(H2,12,13,15)/t10-/m1/s1. The van der Waals surface area contributed by atoms with Gasteiger partial charge in [0, 0.05) is 19.1 Å². The Balaban J connectivity index is 3.70. The van der Waals surface area contributed by atoms with Gasteiger partial charge in [0.1, 0.15) is 0 Å². The third-order valence-corrected chi connectivity index (χ3v) is 2.23. The largest absolute Gasteiger partial charge is 0.338 e. The molecule has 0 aliphatic rings. The molecule has 0 aromatic rings. The Morgan fingerprint density at radius 1 is 1.33 bits per heavy atom. The molecule has 0 heterocycles. The van der Waals surface area contributed by atoms with Crippen LogP contribution in [0, 0.1) is 0 Å². The number of carbonyl (C=O) groups excluding carboxylic acids is 1. The van der Waals surface area contributed by atoms with E-state index in [9.17, 15) is 4.79 Å². The van der Waals surface area contributed by atoms with E-state index in [1.165, 1.54) is 0 Å². The van der Waals surface area contributed by atoms with Crippen LogP contribution in [0.3, 0.4) is 0 Å². The van der Waals surface area contributed by atoms with Crippen molar-refractivity contribution in [2.75, 3.05) is 27.2 Å². The van der Waals surface area contributed by atoms with Crippen molar-refractivity contribution in [3.63, 3.8) is 0 Å². The number of rotatable bonds is 7. The first-order valence-electron chi connectivity index (χ1n) is 5.79. The summed E-state index contributed by atoms with van der Waals surface area (Å²) in [5.41, 5.74) is 0. The molecule has 0 unspecified atom stereocenters. The summed E-state index contributed by atoms with van der Waals surface area (Å²) in [5, 5.41) is 5.82. The fourth-order valence-electron chi connectivity index (χ4n) is 1.33. The van der Waals surface area contributed by atoms with Crippen LogP contribution in [-0.2, 0) is 0 Å². The SMILES string of the molecule is CCCCNC(=O)N[C@H](CC)CN(C)C. The van der Waals surface area contributed by atoms with Crippen LogP contribution in [0.15, 0.2) is 0 Å². The van der Waals surface area contributed by atoms with Gasteiger partial charge < -0.3 is 15.5 Å². The normalized spacial score (nSPS) is 12.6. The van der Waals surface area contributed by atoms with E-state index in [2.05, 4.69) is 29.4 Å². The molecule has 0 aliphatic heterocycles. The van der Waals surface area contributed by atoms with Crippen molar-refractivity contribution < 1.29 is 4.79 Å². The molecule has 0 spiro atoms. The molecule has 2 N–H and O–H groups in total. The van der Waals surface area contributed by atoms with Crippen molar-refractivity contribution in [1.29, 1.82) is 0 Å². The summed E-state index contributed by atoms with van der Waals surface area (Å²) in [6, 6.07) is 0.193. The molecule has 0 aliphatic carbocycles. The van der Waals surface area contributed by atoms with Gasteiger partial charge in [0.25, 0.3) is 0 Å². The highest BCUT2D eigenvalue weighted by Gasteiger charge is 2.10. The maximum absolute atomic E-state index is 11.4. The predicted molar refractivity (Wildman–Crippen MR) is 64.1 cm³/mol. The van der Waals surface area contributed by atoms with E-state index in [1.54, 1.807) is 0 Å². The number of nitrogens with zero attached hydrogens (tertiary/aromatic N) is 1. The number of carbonyl (C=O) groups is 1. The number of hydrogen-bond donors (Lipinski definition) is 2. The first kappa shape index (κ1) is 14.2. The van der Waals surface area contributed by atoms with Crippen LogP contribution in [0.25, 0.3) is 0 Å². The smallest absolute Gasteiger partial charge is 0.315 e. The Labute approximate surface area is 93.4 Å². The summed E-state index contributed by atoms with van der Waals surface area (Å²) in [7, 11) is 4.03. The van der Waals surface area contributed by atoms with Gasteiger partial charge in [-0.3, -0.25) is 0 Å².